The first-order valence-corrected chi connectivity index (χ1v) is 14.0. The van der Waals surface area contributed by atoms with Gasteiger partial charge in [-0.05, 0) is 45.5 Å². The lowest BCUT2D eigenvalue weighted by Crippen LogP contribution is -2.00. The van der Waals surface area contributed by atoms with E-state index < -0.39 is 19.9 Å². The lowest BCUT2D eigenvalue weighted by Gasteiger charge is -2.15. The summed E-state index contributed by atoms with van der Waals surface area (Å²) in [5, 5.41) is 0. The van der Waals surface area contributed by atoms with Crippen molar-refractivity contribution < 1.29 is 21.7 Å². The first-order chi connectivity index (χ1) is 17.1. The van der Waals surface area contributed by atoms with E-state index in [-0.39, 0.29) is 9.79 Å². The Balaban J connectivity index is 1.49. The molecule has 4 aromatic rings. The summed E-state index contributed by atoms with van der Waals surface area (Å²) in [5.41, 5.74) is 4.70. The summed E-state index contributed by atoms with van der Waals surface area (Å²) in [6.07, 6.45) is 6.97. The molecule has 0 saturated carbocycles. The van der Waals surface area contributed by atoms with Crippen molar-refractivity contribution in [2.24, 2.45) is 0 Å². The molecule has 0 fully saturated rings. The molecule has 4 rings (SSSR count). The van der Waals surface area contributed by atoms with Gasteiger partial charge in [0.1, 0.15) is 10.1 Å². The molecule has 36 heavy (non-hydrogen) atoms. The van der Waals surface area contributed by atoms with Gasteiger partial charge in [-0.3, -0.25) is 4.21 Å². The first kappa shape index (κ1) is 25.3. The second-order valence-electron chi connectivity index (χ2n) is 8.06. The van der Waals surface area contributed by atoms with Crippen LogP contribution < -0.4 is 0 Å². The second kappa shape index (κ2) is 10.5. The molecule has 1 unspecified atom stereocenters. The smallest absolute Gasteiger partial charge is 0.125 e. The maximum Gasteiger partial charge on any atom is 0.125 e. The van der Waals surface area contributed by atoms with Crippen molar-refractivity contribution in [3.05, 3.63) is 119 Å². The largest absolute Gasteiger partial charge is 0.774 e. The van der Waals surface area contributed by atoms with E-state index in [1.807, 2.05) is 54.6 Å². The van der Waals surface area contributed by atoms with E-state index in [0.717, 1.165) is 22.3 Å². The van der Waals surface area contributed by atoms with Crippen LogP contribution in [0.4, 0.5) is 0 Å². The fourth-order valence-electron chi connectivity index (χ4n) is 3.69. The zero-order valence-corrected chi connectivity index (χ0v) is 20.7. The van der Waals surface area contributed by atoms with Crippen LogP contribution in [0.15, 0.2) is 107 Å². The third-order valence-electron chi connectivity index (χ3n) is 5.51. The Morgan fingerprint density at radius 2 is 0.917 bits per heavy atom. The molecule has 0 aliphatic carbocycles. The minimum absolute atomic E-state index is 0.185. The van der Waals surface area contributed by atoms with Crippen molar-refractivity contribution in [2.75, 3.05) is 0 Å². The molecule has 0 N–H and O–H groups in total. The van der Waals surface area contributed by atoms with Crippen LogP contribution in [0.2, 0.25) is 0 Å². The number of rotatable bonds is 7. The van der Waals surface area contributed by atoms with Gasteiger partial charge in [-0.1, -0.05) is 125 Å². The highest BCUT2D eigenvalue weighted by atomic mass is 32.2. The van der Waals surface area contributed by atoms with Gasteiger partial charge in [0.2, 0.25) is 0 Å². The van der Waals surface area contributed by atoms with Crippen LogP contribution in [-0.4, -0.2) is 27.6 Å². The molecular weight excluding hydrogens is 492 g/mol. The van der Waals surface area contributed by atoms with Gasteiger partial charge in [0.05, 0.1) is 4.90 Å². The molecule has 0 bridgehead atoms. The Hall–Kier alpha value is -3.75. The number of benzene rings is 4. The van der Waals surface area contributed by atoms with E-state index in [2.05, 4.69) is 5.87 Å². The van der Waals surface area contributed by atoms with Crippen LogP contribution in [0.1, 0.15) is 22.3 Å². The lowest BCUT2D eigenvalue weighted by atomic mass is 10.0. The SMILES string of the molecule is C=S(=O)([O-])c1ccccc1/C=C/c1ccc(-c2ccc(/C=C/c3ccccc3S(=O)(=O)[O-])cc2)cc1. The molecular formula is C29H22O5S2-2. The molecule has 182 valence electrons. The normalized spacial score (nSPS) is 13.7. The van der Waals surface area contributed by atoms with Gasteiger partial charge in [-0.15, -0.1) is 0 Å². The monoisotopic (exact) mass is 514 g/mol. The van der Waals surface area contributed by atoms with Crippen molar-refractivity contribution in [1.29, 1.82) is 0 Å². The Labute approximate surface area is 211 Å². The molecule has 0 aliphatic heterocycles. The van der Waals surface area contributed by atoms with Gasteiger partial charge < -0.3 is 9.11 Å². The Kier molecular flexibility index (Phi) is 7.37. The highest BCUT2D eigenvalue weighted by Gasteiger charge is 2.05. The maximum absolute atomic E-state index is 11.9. The summed E-state index contributed by atoms with van der Waals surface area (Å²) in [7, 11) is -8.11. The molecule has 1 atom stereocenters. The van der Waals surface area contributed by atoms with E-state index in [4.69, 9.17) is 0 Å². The summed E-state index contributed by atoms with van der Waals surface area (Å²) in [4.78, 5) is -0.0615. The van der Waals surface area contributed by atoms with Gasteiger partial charge in [0.15, 0.2) is 0 Å². The highest BCUT2D eigenvalue weighted by Crippen LogP contribution is 2.24. The van der Waals surface area contributed by atoms with Crippen LogP contribution in [0.25, 0.3) is 35.4 Å². The molecule has 5 nitrogen and oxygen atoms in total. The number of hydrogen-bond acceptors (Lipinski definition) is 5. The van der Waals surface area contributed by atoms with E-state index in [9.17, 15) is 21.7 Å². The molecule has 7 heteroatoms. The molecule has 0 aromatic heterocycles. The lowest BCUT2D eigenvalue weighted by molar-refractivity contribution is 0.463. The molecule has 0 radical (unpaired) electrons. The standard InChI is InChI=1S/C29H24O5S2/c1-35(30,31)28-8-4-2-6-26(28)20-14-22-10-16-24(17-11-22)25-18-12-23(13-19-25)15-21-27-7-3-5-9-29(27)36(32,33)34/h2-21H,1H2,(H,30,31)(H,32,33,34)/p-2/b20-14+,21-15+. The quantitative estimate of drug-likeness (QED) is 0.176. The van der Waals surface area contributed by atoms with Crippen LogP contribution in [-0.2, 0) is 19.9 Å². The fourth-order valence-corrected chi connectivity index (χ4v) is 5.14. The summed E-state index contributed by atoms with van der Waals surface area (Å²) in [6, 6.07) is 28.4. The van der Waals surface area contributed by atoms with E-state index in [1.54, 1.807) is 48.6 Å². The van der Waals surface area contributed by atoms with Gasteiger partial charge in [-0.25, -0.2) is 8.42 Å². The molecule has 0 spiro atoms. The van der Waals surface area contributed by atoms with Gasteiger partial charge >= 0.3 is 0 Å². The minimum atomic E-state index is -4.55. The first-order valence-electron chi connectivity index (χ1n) is 10.9. The van der Waals surface area contributed by atoms with Crippen molar-refractivity contribution >= 4 is 50.1 Å². The van der Waals surface area contributed by atoms with Gasteiger partial charge in [0, 0.05) is 4.90 Å². The third kappa shape index (κ3) is 6.27. The van der Waals surface area contributed by atoms with Crippen molar-refractivity contribution in [3.63, 3.8) is 0 Å². The summed E-state index contributed by atoms with van der Waals surface area (Å²) in [6.45, 7) is 0. The zero-order chi connectivity index (χ0) is 25.8. The topological polar surface area (TPSA) is 97.3 Å². The Bertz CT molecular complexity index is 1520. The minimum Gasteiger partial charge on any atom is -0.774 e. The fraction of sp³-hybridized carbons (Fsp3) is 0. The molecule has 0 heterocycles. The van der Waals surface area contributed by atoms with Crippen LogP contribution >= 0.6 is 0 Å². The maximum atomic E-state index is 11.9. The third-order valence-corrected chi connectivity index (χ3v) is 7.46. The average molecular weight is 515 g/mol. The second-order valence-corrected chi connectivity index (χ2v) is 11.1. The average Bonchev–Trinajstić information content (AvgIpc) is 2.86. The zero-order valence-electron chi connectivity index (χ0n) is 19.1. The predicted octanol–water partition coefficient (Wildman–Crippen LogP) is 5.80. The van der Waals surface area contributed by atoms with Crippen molar-refractivity contribution in [2.45, 2.75) is 9.79 Å². The van der Waals surface area contributed by atoms with Gasteiger partial charge in [-0.2, -0.15) is 0 Å². The summed E-state index contributed by atoms with van der Waals surface area (Å²) < 4.78 is 58.1. The predicted molar refractivity (Wildman–Crippen MR) is 145 cm³/mol. The van der Waals surface area contributed by atoms with Crippen LogP contribution in [0.5, 0.6) is 0 Å². The van der Waals surface area contributed by atoms with Gasteiger partial charge in [0.25, 0.3) is 0 Å². The molecule has 4 aromatic carbocycles. The molecule has 0 saturated heterocycles. The van der Waals surface area contributed by atoms with Crippen molar-refractivity contribution in [3.8, 4) is 11.1 Å². The highest BCUT2D eigenvalue weighted by molar-refractivity contribution is 7.95. The number of hydrogen-bond donors (Lipinski definition) is 0. The van der Waals surface area contributed by atoms with E-state index in [1.165, 1.54) is 18.2 Å². The molecule has 0 aliphatic rings. The van der Waals surface area contributed by atoms with Crippen LogP contribution in [0, 0.1) is 0 Å². The molecule has 0 amide bonds. The Morgan fingerprint density at radius 1 is 0.528 bits per heavy atom. The Morgan fingerprint density at radius 3 is 1.33 bits per heavy atom. The summed E-state index contributed by atoms with van der Waals surface area (Å²) >= 11 is 0. The summed E-state index contributed by atoms with van der Waals surface area (Å²) in [5.74, 6) is 3.25. The van der Waals surface area contributed by atoms with Crippen molar-refractivity contribution in [1.82, 2.24) is 0 Å². The van der Waals surface area contributed by atoms with Crippen LogP contribution in [0.3, 0.4) is 0 Å². The van der Waals surface area contributed by atoms with E-state index in [0.29, 0.717) is 11.1 Å². The van der Waals surface area contributed by atoms with E-state index >= 15 is 0 Å².